The summed E-state index contributed by atoms with van der Waals surface area (Å²) in [6, 6.07) is 0. The van der Waals surface area contributed by atoms with Crippen LogP contribution >= 0.6 is 15.6 Å². The Kier molecular flexibility index (Phi) is 75.6. The van der Waals surface area contributed by atoms with Gasteiger partial charge in [0.05, 0.1) is 26.4 Å². The molecule has 0 amide bonds. The first kappa shape index (κ1) is 104. The van der Waals surface area contributed by atoms with E-state index in [0.29, 0.717) is 25.7 Å². The van der Waals surface area contributed by atoms with Gasteiger partial charge in [-0.1, -0.05) is 408 Å². The zero-order chi connectivity index (χ0) is 77.9. The van der Waals surface area contributed by atoms with Crippen LogP contribution in [-0.4, -0.2) is 96.7 Å². The Balaban J connectivity index is 5.26. The maximum Gasteiger partial charge on any atom is 0.472 e. The van der Waals surface area contributed by atoms with Crippen molar-refractivity contribution in [3.8, 4) is 0 Å². The first-order valence-corrected chi connectivity index (χ1v) is 47.9. The molecule has 17 nitrogen and oxygen atoms in total. The van der Waals surface area contributed by atoms with E-state index in [1.807, 2.05) is 0 Å². The summed E-state index contributed by atoms with van der Waals surface area (Å²) in [6.45, 7) is 12.0. The minimum Gasteiger partial charge on any atom is -0.462 e. The molecule has 0 fully saturated rings. The molecule has 0 saturated carbocycles. The predicted octanol–water partition coefficient (Wildman–Crippen LogP) is 26.5. The molecular formula is C87H170O17P2. The van der Waals surface area contributed by atoms with Crippen molar-refractivity contribution in [2.45, 2.75) is 478 Å². The van der Waals surface area contributed by atoms with Crippen LogP contribution in [0.25, 0.3) is 0 Å². The zero-order valence-electron chi connectivity index (χ0n) is 69.9. The molecule has 0 aliphatic carbocycles. The number of rotatable bonds is 85. The van der Waals surface area contributed by atoms with Gasteiger partial charge in [-0.2, -0.15) is 0 Å². The lowest BCUT2D eigenvalue weighted by atomic mass is 9.99. The standard InChI is InChI=1S/C87H170O17P2/c1-8-10-11-12-13-14-15-16-17-18-19-24-30-35-40-49-56-63-70-87(92)104-83(75-98-85(90)69-62-55-48-43-42-46-53-60-67-80(7)9-2)77-102-106(95,96)100-73-81(88)72-99-105(93,94)101-76-82(103-86(91)71-64-57-50-41-36-31-26-21-23-28-33-38-45-52-59-66-79(5)6)74-97-84(89)68-61-54-47-39-34-29-25-20-22-27-32-37-44-51-58-65-78(3)4/h78-83,88H,8-77H2,1-7H3,(H,93,94)(H,95,96)/t80?,81-,82-,83-/m1/s1. The molecule has 0 radical (unpaired) electrons. The number of aliphatic hydroxyl groups is 1. The number of phosphoric ester groups is 2. The summed E-state index contributed by atoms with van der Waals surface area (Å²) in [7, 11) is -9.93. The Morgan fingerprint density at radius 3 is 0.717 bits per heavy atom. The Morgan fingerprint density at radius 1 is 0.274 bits per heavy atom. The maximum atomic E-state index is 13.2. The van der Waals surface area contributed by atoms with Crippen molar-refractivity contribution in [3.63, 3.8) is 0 Å². The summed E-state index contributed by atoms with van der Waals surface area (Å²) in [4.78, 5) is 73.3. The van der Waals surface area contributed by atoms with E-state index < -0.39 is 97.5 Å². The van der Waals surface area contributed by atoms with Gasteiger partial charge in [0.1, 0.15) is 19.3 Å². The lowest BCUT2D eigenvalue weighted by Crippen LogP contribution is -2.30. The fourth-order valence-electron chi connectivity index (χ4n) is 13.5. The number of phosphoric acid groups is 2. The van der Waals surface area contributed by atoms with Crippen LogP contribution in [-0.2, 0) is 65.4 Å². The molecule has 0 aromatic carbocycles. The molecule has 3 N–H and O–H groups in total. The van der Waals surface area contributed by atoms with Crippen molar-refractivity contribution in [1.29, 1.82) is 0 Å². The summed E-state index contributed by atoms with van der Waals surface area (Å²) < 4.78 is 69.0. The highest BCUT2D eigenvalue weighted by molar-refractivity contribution is 7.47. The normalized spacial score (nSPS) is 14.1. The van der Waals surface area contributed by atoms with Crippen LogP contribution in [0.5, 0.6) is 0 Å². The highest BCUT2D eigenvalue weighted by Gasteiger charge is 2.31. The van der Waals surface area contributed by atoms with E-state index in [0.717, 1.165) is 108 Å². The summed E-state index contributed by atoms with van der Waals surface area (Å²) in [6.07, 6.45) is 67.9. The highest BCUT2D eigenvalue weighted by Crippen LogP contribution is 2.45. The van der Waals surface area contributed by atoms with Gasteiger partial charge in [-0.25, -0.2) is 9.13 Å². The Morgan fingerprint density at radius 2 is 0.481 bits per heavy atom. The lowest BCUT2D eigenvalue weighted by Gasteiger charge is -2.21. The molecule has 0 aromatic rings. The fourth-order valence-corrected chi connectivity index (χ4v) is 15.1. The summed E-state index contributed by atoms with van der Waals surface area (Å²) in [5.74, 6) is 0.284. The molecule has 3 unspecified atom stereocenters. The number of aliphatic hydroxyl groups excluding tert-OH is 1. The molecule has 0 aliphatic rings. The van der Waals surface area contributed by atoms with E-state index in [-0.39, 0.29) is 25.7 Å². The van der Waals surface area contributed by atoms with Gasteiger partial charge in [-0.05, 0) is 43.4 Å². The monoisotopic (exact) mass is 1550 g/mol. The van der Waals surface area contributed by atoms with Crippen LogP contribution in [0, 0.1) is 17.8 Å². The third kappa shape index (κ3) is 78.7. The second kappa shape index (κ2) is 77.0. The molecule has 0 rings (SSSR count). The van der Waals surface area contributed by atoms with E-state index in [4.69, 9.17) is 37.0 Å². The smallest absolute Gasteiger partial charge is 0.462 e. The van der Waals surface area contributed by atoms with Crippen molar-refractivity contribution in [3.05, 3.63) is 0 Å². The average Bonchev–Trinajstić information content (AvgIpc) is 0.902. The number of carbonyl (C=O) groups is 4. The largest absolute Gasteiger partial charge is 0.472 e. The second-order valence-corrected chi connectivity index (χ2v) is 35.4. The first-order chi connectivity index (χ1) is 51.3. The Bertz CT molecular complexity index is 2050. The number of esters is 4. The molecule has 0 heterocycles. The van der Waals surface area contributed by atoms with Crippen molar-refractivity contribution < 1.29 is 80.2 Å². The minimum absolute atomic E-state index is 0.108. The third-order valence-corrected chi connectivity index (χ3v) is 22.6. The first-order valence-electron chi connectivity index (χ1n) is 44.9. The van der Waals surface area contributed by atoms with E-state index in [9.17, 15) is 43.2 Å². The van der Waals surface area contributed by atoms with Gasteiger partial charge in [0, 0.05) is 25.7 Å². The number of hydrogen-bond donors (Lipinski definition) is 3. The second-order valence-electron chi connectivity index (χ2n) is 32.5. The number of ether oxygens (including phenoxy) is 4. The quantitative estimate of drug-likeness (QED) is 0.0222. The van der Waals surface area contributed by atoms with Crippen LogP contribution in [0.3, 0.4) is 0 Å². The van der Waals surface area contributed by atoms with Gasteiger partial charge in [0.2, 0.25) is 0 Å². The van der Waals surface area contributed by atoms with E-state index in [2.05, 4.69) is 48.5 Å². The van der Waals surface area contributed by atoms with Crippen LogP contribution in [0.4, 0.5) is 0 Å². The molecule has 6 atom stereocenters. The zero-order valence-corrected chi connectivity index (χ0v) is 71.7. The molecule has 0 saturated heterocycles. The van der Waals surface area contributed by atoms with Crippen LogP contribution in [0.15, 0.2) is 0 Å². The molecule has 630 valence electrons. The predicted molar refractivity (Wildman–Crippen MR) is 437 cm³/mol. The van der Waals surface area contributed by atoms with Gasteiger partial charge < -0.3 is 33.8 Å². The maximum absolute atomic E-state index is 13.2. The van der Waals surface area contributed by atoms with Crippen molar-refractivity contribution in [1.82, 2.24) is 0 Å². The third-order valence-electron chi connectivity index (χ3n) is 20.7. The Hall–Kier alpha value is -1.94. The van der Waals surface area contributed by atoms with Gasteiger partial charge in [-0.15, -0.1) is 0 Å². The molecular weight excluding hydrogens is 1380 g/mol. The summed E-state index contributed by atoms with van der Waals surface area (Å²) in [5.41, 5.74) is 0. The highest BCUT2D eigenvalue weighted by atomic mass is 31.2. The molecule has 0 aliphatic heterocycles. The van der Waals surface area contributed by atoms with Gasteiger partial charge in [0.15, 0.2) is 12.2 Å². The topological polar surface area (TPSA) is 237 Å². The SMILES string of the molecule is CCCCCCCCCCCCCCCCCCCCC(=O)O[C@H](COC(=O)CCCCCCCCCCC(C)CC)COP(=O)(O)OC[C@H](O)COP(=O)(O)OC[C@@H](COC(=O)CCCCCCCCCCCCCCCCCC(C)C)OC(=O)CCCCCCCCCCCCCCCCCC(C)C. The van der Waals surface area contributed by atoms with Crippen LogP contribution in [0.2, 0.25) is 0 Å². The summed E-state index contributed by atoms with van der Waals surface area (Å²) in [5, 5.41) is 10.7. The van der Waals surface area contributed by atoms with Crippen LogP contribution < -0.4 is 0 Å². The van der Waals surface area contributed by atoms with E-state index >= 15 is 0 Å². The Labute approximate surface area is 651 Å². The van der Waals surface area contributed by atoms with Gasteiger partial charge >= 0.3 is 39.5 Å². The molecule has 0 spiro atoms. The van der Waals surface area contributed by atoms with Gasteiger partial charge in [0.25, 0.3) is 0 Å². The van der Waals surface area contributed by atoms with Crippen molar-refractivity contribution in [2.24, 2.45) is 17.8 Å². The van der Waals surface area contributed by atoms with Gasteiger partial charge in [-0.3, -0.25) is 37.3 Å². The van der Waals surface area contributed by atoms with E-state index in [1.165, 1.54) is 270 Å². The molecule has 0 bridgehead atoms. The molecule has 19 heteroatoms. The fraction of sp³-hybridized carbons (Fsp3) is 0.954. The number of unbranched alkanes of at least 4 members (excludes halogenated alkanes) is 52. The minimum atomic E-state index is -4.97. The van der Waals surface area contributed by atoms with Crippen molar-refractivity contribution >= 4 is 39.5 Å². The molecule has 106 heavy (non-hydrogen) atoms. The average molecular weight is 1550 g/mol. The summed E-state index contributed by atoms with van der Waals surface area (Å²) >= 11 is 0. The molecule has 0 aromatic heterocycles. The van der Waals surface area contributed by atoms with Crippen LogP contribution in [0.1, 0.15) is 459 Å². The number of carbonyl (C=O) groups excluding carboxylic acids is 4. The lowest BCUT2D eigenvalue weighted by molar-refractivity contribution is -0.161. The number of hydrogen-bond acceptors (Lipinski definition) is 15. The van der Waals surface area contributed by atoms with E-state index in [1.54, 1.807) is 0 Å². The van der Waals surface area contributed by atoms with Crippen molar-refractivity contribution in [2.75, 3.05) is 39.6 Å².